The zero-order valence-electron chi connectivity index (χ0n) is 14.0. The summed E-state index contributed by atoms with van der Waals surface area (Å²) in [5.41, 5.74) is 10.9. The van der Waals surface area contributed by atoms with Crippen LogP contribution >= 0.6 is 0 Å². The van der Waals surface area contributed by atoms with Crippen LogP contribution in [0.5, 0.6) is 0 Å². The van der Waals surface area contributed by atoms with Gasteiger partial charge in [-0.15, -0.1) is 12.5 Å². The summed E-state index contributed by atoms with van der Waals surface area (Å²) in [6.45, 7) is 14.2. The van der Waals surface area contributed by atoms with Gasteiger partial charge in [0, 0.05) is 0 Å². The van der Waals surface area contributed by atoms with Crippen molar-refractivity contribution in [3.05, 3.63) is 43.4 Å². The van der Waals surface area contributed by atoms with Crippen molar-refractivity contribution in [2.45, 2.75) is 54.0 Å². The Balaban J connectivity index is -0.0000000959. The molecule has 0 bridgehead atoms. The van der Waals surface area contributed by atoms with Crippen LogP contribution in [0.25, 0.3) is 5.73 Å². The summed E-state index contributed by atoms with van der Waals surface area (Å²) < 4.78 is 0. The van der Waals surface area contributed by atoms with Crippen LogP contribution < -0.4 is 0 Å². The molecule has 0 fully saturated rings. The van der Waals surface area contributed by atoms with Crippen LogP contribution in [0, 0.1) is 26.8 Å². The second-order valence-electron chi connectivity index (χ2n) is 5.05. The Labute approximate surface area is 128 Å². The molecule has 1 nitrogen and oxygen atoms in total. The van der Waals surface area contributed by atoms with E-state index in [0.29, 0.717) is 5.92 Å². The average Bonchev–Trinajstić information content (AvgIpc) is 2.34. The first-order chi connectivity index (χ1) is 7.13. The Morgan fingerprint density at radius 3 is 1.44 bits per heavy atom. The summed E-state index contributed by atoms with van der Waals surface area (Å²) in [7, 11) is 1.99. The van der Waals surface area contributed by atoms with Crippen molar-refractivity contribution < 1.29 is 17.1 Å². The topological polar surface area (TPSA) is 23.8 Å². The Morgan fingerprint density at radius 2 is 1.39 bits per heavy atom. The molecule has 0 radical (unpaired) electrons. The second-order valence-corrected chi connectivity index (χ2v) is 5.05. The molecule has 1 unspecified atom stereocenters. The van der Waals surface area contributed by atoms with E-state index >= 15 is 0 Å². The molecule has 3 heteroatoms. The van der Waals surface area contributed by atoms with Gasteiger partial charge in [0.15, 0.2) is 0 Å². The number of nitrogens with one attached hydrogen (secondary N) is 1. The summed E-state index contributed by atoms with van der Waals surface area (Å²) >= 11 is 1.40. The summed E-state index contributed by atoms with van der Waals surface area (Å²) in [5, 5.41) is 0. The number of rotatable bonds is 0. The third-order valence-electron chi connectivity index (χ3n) is 2.24. The summed E-state index contributed by atoms with van der Waals surface area (Å²) in [6, 6.07) is 0. The monoisotopic (exact) mass is 317 g/mol. The van der Waals surface area contributed by atoms with Gasteiger partial charge in [0.2, 0.25) is 0 Å². The fourth-order valence-corrected chi connectivity index (χ4v) is 1.16. The predicted molar refractivity (Wildman–Crippen MR) is 85.4 cm³/mol. The molecule has 0 saturated heterocycles. The average molecular weight is 319 g/mol. The third kappa shape index (κ3) is 14.3. The number of hydrogen-bond donors (Lipinski definition) is 0. The second kappa shape index (κ2) is 12.3. The molecule has 1 aliphatic rings. The van der Waals surface area contributed by atoms with Crippen LogP contribution in [-0.2, 0) is 17.1 Å². The molecule has 1 aliphatic carbocycles. The van der Waals surface area contributed by atoms with Gasteiger partial charge >= 0.3 is 25.1 Å². The number of allylic oxidation sites excluding steroid dienone is 4. The third-order valence-corrected chi connectivity index (χ3v) is 2.24. The molecular weight excluding hydrogens is 288 g/mol. The summed E-state index contributed by atoms with van der Waals surface area (Å²) in [5.74, 6) is 0.560. The van der Waals surface area contributed by atoms with Crippen LogP contribution in [0.3, 0.4) is 0 Å². The van der Waals surface area contributed by atoms with Gasteiger partial charge in [-0.05, 0) is 0 Å². The zero-order chi connectivity index (χ0) is 13.5. The van der Waals surface area contributed by atoms with Gasteiger partial charge in [0.1, 0.15) is 0 Å². The Hall–Kier alpha value is 0.280. The van der Waals surface area contributed by atoms with Gasteiger partial charge in [0.25, 0.3) is 0 Å². The molecule has 106 valence electrons. The van der Waals surface area contributed by atoms with Gasteiger partial charge in [0.05, 0.1) is 0 Å². The molecular formula is C15H31NSiZn-4. The summed E-state index contributed by atoms with van der Waals surface area (Å²) in [4.78, 5) is 0. The van der Waals surface area contributed by atoms with E-state index in [4.69, 9.17) is 5.73 Å². The molecule has 1 N–H and O–H groups in total. The molecule has 0 aliphatic heterocycles. The molecule has 0 aromatic rings. The minimum absolute atomic E-state index is 0. The Morgan fingerprint density at radius 1 is 1.11 bits per heavy atom. The normalized spacial score (nSPS) is 17.2. The molecule has 18 heavy (non-hydrogen) atoms. The van der Waals surface area contributed by atoms with E-state index in [-0.39, 0.29) is 20.4 Å². The fourth-order valence-electron chi connectivity index (χ4n) is 1.16. The first kappa shape index (κ1) is 26.8. The van der Waals surface area contributed by atoms with Crippen LogP contribution in [0.2, 0.25) is 0 Å². The van der Waals surface area contributed by atoms with E-state index in [1.54, 1.807) is 0 Å². The Bertz CT molecular complexity index is 269. The van der Waals surface area contributed by atoms with E-state index in [9.17, 15) is 0 Å². The maximum absolute atomic E-state index is 6.94. The van der Waals surface area contributed by atoms with Gasteiger partial charge < -0.3 is 20.6 Å². The van der Waals surface area contributed by atoms with Crippen LogP contribution in [0.1, 0.15) is 48.5 Å². The van der Waals surface area contributed by atoms with E-state index in [1.165, 1.54) is 33.8 Å². The SMILES string of the molecule is CC(C)(C)[NH-].CC1=[C-]C(C)C(C)=C1C.[CH3-].[CH3-].[SiH2]=[Zn]. The van der Waals surface area contributed by atoms with Gasteiger partial charge in [-0.2, -0.15) is 11.1 Å². The van der Waals surface area contributed by atoms with E-state index in [2.05, 4.69) is 33.8 Å². The molecule has 1 rings (SSSR count). The van der Waals surface area contributed by atoms with Crippen LogP contribution in [0.4, 0.5) is 0 Å². The molecule has 1 atom stereocenters. The van der Waals surface area contributed by atoms with Gasteiger partial charge in [-0.1, -0.05) is 47.5 Å². The molecule has 0 saturated carbocycles. The van der Waals surface area contributed by atoms with Crippen LogP contribution in [0.15, 0.2) is 16.7 Å². The van der Waals surface area contributed by atoms with Crippen molar-refractivity contribution in [3.8, 4) is 0 Å². The predicted octanol–water partition coefficient (Wildman–Crippen LogP) is 4.54. The van der Waals surface area contributed by atoms with Crippen molar-refractivity contribution in [3.63, 3.8) is 0 Å². The van der Waals surface area contributed by atoms with E-state index < -0.39 is 0 Å². The zero-order valence-corrected chi connectivity index (χ0v) is 18.4. The molecule has 0 aromatic heterocycles. The van der Waals surface area contributed by atoms with Crippen molar-refractivity contribution in [2.75, 3.05) is 0 Å². The van der Waals surface area contributed by atoms with Crippen LogP contribution in [-0.4, -0.2) is 13.5 Å². The van der Waals surface area contributed by atoms with Gasteiger partial charge in [-0.3, -0.25) is 6.08 Å². The quantitative estimate of drug-likeness (QED) is 0.462. The van der Waals surface area contributed by atoms with Crippen molar-refractivity contribution in [1.29, 1.82) is 0 Å². The van der Waals surface area contributed by atoms with E-state index in [1.807, 2.05) is 28.8 Å². The molecule has 0 amide bonds. The maximum atomic E-state index is 6.94. The summed E-state index contributed by atoms with van der Waals surface area (Å²) in [6.07, 6.45) is 3.36. The minimum atomic E-state index is -0.250. The molecule has 0 heterocycles. The standard InChI is InChI=1S/C9H13.C4H10N.2CH3.H2Si.Zn/c1-6-5-7(2)9(4)8(6)3;1-4(2,3)5;;;;/h6H,1-4H3;5H,1-3H3;2*1H3;1H2;/q4*-1;;. The van der Waals surface area contributed by atoms with Crippen molar-refractivity contribution >= 4 is 8.00 Å². The van der Waals surface area contributed by atoms with Crippen molar-refractivity contribution in [1.82, 2.24) is 0 Å². The first-order valence-corrected chi connectivity index (χ1v) is 12.9. The molecule has 0 aromatic carbocycles. The molecule has 0 spiro atoms. The van der Waals surface area contributed by atoms with E-state index in [0.717, 1.165) is 0 Å². The van der Waals surface area contributed by atoms with Crippen molar-refractivity contribution in [2.24, 2.45) is 5.92 Å². The Kier molecular flexibility index (Phi) is 18.3. The fraction of sp³-hybridized carbons (Fsp3) is 0.600. The van der Waals surface area contributed by atoms with Gasteiger partial charge in [-0.25, -0.2) is 5.57 Å². The first-order valence-electron chi connectivity index (χ1n) is 5.65. The number of hydrogen-bond acceptors (Lipinski definition) is 0.